The molecule has 1 N–H and O–H groups in total. The summed E-state index contributed by atoms with van der Waals surface area (Å²) in [6, 6.07) is 0. The van der Waals surface area contributed by atoms with Gasteiger partial charge in [0.25, 0.3) is 0 Å². The van der Waals surface area contributed by atoms with Gasteiger partial charge in [-0.25, -0.2) is 4.98 Å². The number of hydrogen-bond donors (Lipinski definition) is 1. The lowest BCUT2D eigenvalue weighted by molar-refractivity contribution is -0.120. The van der Waals surface area contributed by atoms with Gasteiger partial charge in [-0.3, -0.25) is 0 Å². The van der Waals surface area contributed by atoms with Crippen LogP contribution in [0.4, 0.5) is 0 Å². The van der Waals surface area contributed by atoms with Gasteiger partial charge in [-0.05, 0) is 19.8 Å². The molecule has 0 radical (unpaired) electrons. The van der Waals surface area contributed by atoms with Gasteiger partial charge in [-0.2, -0.15) is 0 Å². The first kappa shape index (κ1) is 9.12. The molecular formula is C9H13NO2S. The molecule has 13 heavy (non-hydrogen) atoms. The Morgan fingerprint density at radius 3 is 3.15 bits per heavy atom. The van der Waals surface area contributed by atoms with Crippen molar-refractivity contribution in [3.8, 4) is 0 Å². The smallest absolute Gasteiger partial charge is 0.131 e. The standard InChI is InChI=1S/C9H13NO2S/c1-7-2-3-9(11,5-12-7)8-4-13-6-10-8/h4,6-7,11H,2-3,5H2,1H3. The molecule has 0 saturated carbocycles. The predicted molar refractivity (Wildman–Crippen MR) is 50.7 cm³/mol. The topological polar surface area (TPSA) is 42.4 Å². The third-order valence-electron chi connectivity index (χ3n) is 2.48. The highest BCUT2D eigenvalue weighted by Gasteiger charge is 2.35. The lowest BCUT2D eigenvalue weighted by atomic mass is 9.91. The zero-order valence-electron chi connectivity index (χ0n) is 7.56. The number of nitrogens with zero attached hydrogens (tertiary/aromatic N) is 1. The molecule has 0 spiro atoms. The quantitative estimate of drug-likeness (QED) is 0.745. The maximum Gasteiger partial charge on any atom is 0.131 e. The van der Waals surface area contributed by atoms with Crippen molar-refractivity contribution in [2.75, 3.05) is 6.61 Å². The molecule has 0 amide bonds. The molecular weight excluding hydrogens is 186 g/mol. The lowest BCUT2D eigenvalue weighted by Crippen LogP contribution is -2.38. The second-order valence-corrected chi connectivity index (χ2v) is 4.28. The van der Waals surface area contributed by atoms with Crippen molar-refractivity contribution < 1.29 is 9.84 Å². The summed E-state index contributed by atoms with van der Waals surface area (Å²) in [5.74, 6) is 0. The van der Waals surface area contributed by atoms with Crippen LogP contribution >= 0.6 is 11.3 Å². The van der Waals surface area contributed by atoms with E-state index in [1.54, 1.807) is 5.51 Å². The van der Waals surface area contributed by atoms with Crippen molar-refractivity contribution in [1.29, 1.82) is 0 Å². The molecule has 2 unspecified atom stereocenters. The van der Waals surface area contributed by atoms with Gasteiger partial charge in [0.2, 0.25) is 0 Å². The molecule has 2 atom stereocenters. The molecule has 1 aromatic rings. The molecule has 0 aliphatic carbocycles. The second kappa shape index (κ2) is 3.36. The zero-order chi connectivity index (χ0) is 9.31. The van der Waals surface area contributed by atoms with E-state index in [9.17, 15) is 5.11 Å². The minimum absolute atomic E-state index is 0.263. The van der Waals surface area contributed by atoms with Gasteiger partial charge < -0.3 is 9.84 Å². The number of aliphatic hydroxyl groups is 1. The molecule has 72 valence electrons. The summed E-state index contributed by atoms with van der Waals surface area (Å²) in [6.07, 6.45) is 1.91. The molecule has 0 aromatic carbocycles. The number of thiazole rings is 1. The number of hydrogen-bond acceptors (Lipinski definition) is 4. The number of ether oxygens (including phenoxy) is 1. The van der Waals surface area contributed by atoms with E-state index in [0.717, 1.165) is 18.5 Å². The Hall–Kier alpha value is -0.450. The van der Waals surface area contributed by atoms with Crippen LogP contribution in [0.3, 0.4) is 0 Å². The monoisotopic (exact) mass is 199 g/mol. The Labute approximate surface area is 81.4 Å². The van der Waals surface area contributed by atoms with Crippen LogP contribution in [0.15, 0.2) is 10.9 Å². The molecule has 1 aliphatic rings. The van der Waals surface area contributed by atoms with Crippen LogP contribution in [-0.2, 0) is 10.3 Å². The second-order valence-electron chi connectivity index (χ2n) is 3.57. The Balaban J connectivity index is 2.13. The van der Waals surface area contributed by atoms with Crippen molar-refractivity contribution in [2.24, 2.45) is 0 Å². The summed E-state index contributed by atoms with van der Waals surface area (Å²) in [7, 11) is 0. The summed E-state index contributed by atoms with van der Waals surface area (Å²) in [5.41, 5.74) is 1.65. The van der Waals surface area contributed by atoms with Gasteiger partial charge in [-0.15, -0.1) is 11.3 Å². The van der Waals surface area contributed by atoms with Crippen molar-refractivity contribution >= 4 is 11.3 Å². The van der Waals surface area contributed by atoms with E-state index in [1.165, 1.54) is 11.3 Å². The molecule has 1 fully saturated rings. The van der Waals surface area contributed by atoms with Crippen molar-refractivity contribution in [2.45, 2.75) is 31.5 Å². The highest BCUT2D eigenvalue weighted by Crippen LogP contribution is 2.31. The molecule has 1 saturated heterocycles. The van der Waals surface area contributed by atoms with Crippen LogP contribution in [0, 0.1) is 0 Å². The van der Waals surface area contributed by atoms with Gasteiger partial charge in [0.1, 0.15) is 5.60 Å². The third kappa shape index (κ3) is 1.75. The largest absolute Gasteiger partial charge is 0.381 e. The van der Waals surface area contributed by atoms with Gasteiger partial charge in [0.05, 0.1) is 23.9 Å². The highest BCUT2D eigenvalue weighted by atomic mass is 32.1. The summed E-state index contributed by atoms with van der Waals surface area (Å²) in [4.78, 5) is 4.13. The van der Waals surface area contributed by atoms with Gasteiger partial charge in [0, 0.05) is 5.38 Å². The van der Waals surface area contributed by atoms with Gasteiger partial charge in [-0.1, -0.05) is 0 Å². The van der Waals surface area contributed by atoms with E-state index in [4.69, 9.17) is 4.74 Å². The molecule has 0 bridgehead atoms. The average molecular weight is 199 g/mol. The Morgan fingerprint density at radius 2 is 2.62 bits per heavy atom. The van der Waals surface area contributed by atoms with E-state index in [-0.39, 0.29) is 6.10 Å². The van der Waals surface area contributed by atoms with Gasteiger partial charge in [0.15, 0.2) is 0 Å². The average Bonchev–Trinajstić information content (AvgIpc) is 2.63. The third-order valence-corrected chi connectivity index (χ3v) is 3.07. The molecule has 1 aliphatic heterocycles. The van der Waals surface area contributed by atoms with Crippen LogP contribution in [-0.4, -0.2) is 22.8 Å². The molecule has 4 heteroatoms. The van der Waals surface area contributed by atoms with E-state index in [2.05, 4.69) is 4.98 Å². The van der Waals surface area contributed by atoms with E-state index in [1.807, 2.05) is 12.3 Å². The van der Waals surface area contributed by atoms with Crippen molar-refractivity contribution in [3.63, 3.8) is 0 Å². The number of rotatable bonds is 1. The zero-order valence-corrected chi connectivity index (χ0v) is 8.38. The Morgan fingerprint density at radius 1 is 1.77 bits per heavy atom. The molecule has 2 rings (SSSR count). The van der Waals surface area contributed by atoms with Crippen LogP contribution in [0.5, 0.6) is 0 Å². The minimum Gasteiger partial charge on any atom is -0.381 e. The Bertz CT molecular complexity index is 265. The van der Waals surface area contributed by atoms with Crippen molar-refractivity contribution in [1.82, 2.24) is 4.98 Å². The first-order chi connectivity index (χ1) is 6.21. The van der Waals surface area contributed by atoms with E-state index >= 15 is 0 Å². The number of aromatic nitrogens is 1. The SMILES string of the molecule is CC1CCC(O)(c2cscn2)CO1. The summed E-state index contributed by atoms with van der Waals surface area (Å²) in [6.45, 7) is 2.40. The maximum absolute atomic E-state index is 10.2. The lowest BCUT2D eigenvalue weighted by Gasteiger charge is -2.33. The highest BCUT2D eigenvalue weighted by molar-refractivity contribution is 7.07. The predicted octanol–water partition coefficient (Wildman–Crippen LogP) is 1.53. The summed E-state index contributed by atoms with van der Waals surface area (Å²) in [5, 5.41) is 12.1. The molecule has 1 aromatic heterocycles. The first-order valence-electron chi connectivity index (χ1n) is 4.43. The van der Waals surface area contributed by atoms with E-state index in [0.29, 0.717) is 6.61 Å². The summed E-state index contributed by atoms with van der Waals surface area (Å²) >= 11 is 1.51. The van der Waals surface area contributed by atoms with Crippen LogP contribution in [0.2, 0.25) is 0 Å². The van der Waals surface area contributed by atoms with Crippen LogP contribution < -0.4 is 0 Å². The molecule has 3 nitrogen and oxygen atoms in total. The minimum atomic E-state index is -0.841. The van der Waals surface area contributed by atoms with Crippen molar-refractivity contribution in [3.05, 3.63) is 16.6 Å². The van der Waals surface area contributed by atoms with Crippen LogP contribution in [0.25, 0.3) is 0 Å². The first-order valence-corrected chi connectivity index (χ1v) is 5.38. The van der Waals surface area contributed by atoms with Gasteiger partial charge >= 0.3 is 0 Å². The molecule has 2 heterocycles. The van der Waals surface area contributed by atoms with Crippen LogP contribution in [0.1, 0.15) is 25.5 Å². The summed E-state index contributed by atoms with van der Waals surface area (Å²) < 4.78 is 5.43. The fraction of sp³-hybridized carbons (Fsp3) is 0.667. The normalized spacial score (nSPS) is 34.8. The maximum atomic E-state index is 10.2. The Kier molecular flexibility index (Phi) is 2.36. The van der Waals surface area contributed by atoms with E-state index < -0.39 is 5.60 Å². The fourth-order valence-corrected chi connectivity index (χ4v) is 2.17. The fourth-order valence-electron chi connectivity index (χ4n) is 1.52.